The van der Waals surface area contributed by atoms with Crippen LogP contribution in [0.25, 0.3) is 0 Å². The Morgan fingerprint density at radius 3 is 2.76 bits per heavy atom. The van der Waals surface area contributed by atoms with Crippen molar-refractivity contribution in [2.24, 2.45) is 7.05 Å². The lowest BCUT2D eigenvalue weighted by Crippen LogP contribution is -2.53. The summed E-state index contributed by atoms with van der Waals surface area (Å²) in [4.78, 5) is 14.7. The quantitative estimate of drug-likeness (QED) is 0.855. The van der Waals surface area contributed by atoms with Crippen LogP contribution in [0.1, 0.15) is 19.8 Å². The maximum absolute atomic E-state index is 12.9. The van der Waals surface area contributed by atoms with Gasteiger partial charge in [0, 0.05) is 19.8 Å². The summed E-state index contributed by atoms with van der Waals surface area (Å²) in [6.07, 6.45) is -0.805. The summed E-state index contributed by atoms with van der Waals surface area (Å²) < 4.78 is 40.1. The van der Waals surface area contributed by atoms with Crippen molar-refractivity contribution in [3.63, 3.8) is 0 Å². The third-order valence-electron chi connectivity index (χ3n) is 3.72. The molecule has 2 rings (SSSR count). The molecule has 1 amide bonds. The van der Waals surface area contributed by atoms with Gasteiger partial charge in [0.05, 0.1) is 17.9 Å². The highest BCUT2D eigenvalue weighted by atomic mass is 19.4. The number of piperidine rings is 1. The van der Waals surface area contributed by atoms with E-state index in [1.807, 2.05) is 6.92 Å². The molecule has 0 radical (unpaired) electrons. The molecule has 0 aliphatic carbocycles. The normalized spacial score (nSPS) is 20.5. The maximum Gasteiger partial charge on any atom is 0.471 e. The van der Waals surface area contributed by atoms with Crippen molar-refractivity contribution in [1.29, 1.82) is 0 Å². The van der Waals surface area contributed by atoms with Gasteiger partial charge in [-0.25, -0.2) is 0 Å². The molecule has 1 aliphatic rings. The SMILES string of the molecule is CCN1CCCC(N(C(=O)C(F)(F)F)c2cnn(C)c2)C1. The van der Waals surface area contributed by atoms with Gasteiger partial charge in [-0.3, -0.25) is 14.4 Å². The molecule has 1 aromatic heterocycles. The highest BCUT2D eigenvalue weighted by molar-refractivity contribution is 5.97. The first kappa shape index (κ1) is 15.8. The Morgan fingerprint density at radius 1 is 1.52 bits per heavy atom. The number of hydrogen-bond donors (Lipinski definition) is 0. The molecule has 0 N–H and O–H groups in total. The minimum atomic E-state index is -4.88. The Balaban J connectivity index is 2.29. The Labute approximate surface area is 121 Å². The zero-order valence-electron chi connectivity index (χ0n) is 12.1. The lowest BCUT2D eigenvalue weighted by Gasteiger charge is -2.38. The van der Waals surface area contributed by atoms with E-state index in [1.165, 1.54) is 17.1 Å². The topological polar surface area (TPSA) is 41.4 Å². The van der Waals surface area contributed by atoms with Gasteiger partial charge in [-0.15, -0.1) is 0 Å². The number of aryl methyl sites for hydroxylation is 1. The molecule has 1 saturated heterocycles. The molecule has 8 heteroatoms. The number of aromatic nitrogens is 2. The zero-order chi connectivity index (χ0) is 15.6. The average molecular weight is 304 g/mol. The first-order valence-corrected chi connectivity index (χ1v) is 6.94. The molecular weight excluding hydrogens is 285 g/mol. The standard InChI is InChI=1S/C13H19F3N4O/c1-3-19-6-4-5-10(9-19)20(12(21)13(14,15)16)11-7-17-18(2)8-11/h7-8,10H,3-6,9H2,1-2H3. The fourth-order valence-electron chi connectivity index (χ4n) is 2.69. The van der Waals surface area contributed by atoms with Crippen LogP contribution in [-0.2, 0) is 11.8 Å². The number of likely N-dealkylation sites (N-methyl/N-ethyl adjacent to an activating group) is 1. The number of alkyl halides is 3. The van der Waals surface area contributed by atoms with E-state index in [0.29, 0.717) is 13.0 Å². The van der Waals surface area contributed by atoms with Gasteiger partial charge in [0.2, 0.25) is 0 Å². The van der Waals surface area contributed by atoms with Crippen LogP contribution in [0.15, 0.2) is 12.4 Å². The Hall–Kier alpha value is -1.57. The van der Waals surface area contributed by atoms with Crippen LogP contribution < -0.4 is 4.90 Å². The molecule has 1 unspecified atom stereocenters. The molecule has 21 heavy (non-hydrogen) atoms. The zero-order valence-corrected chi connectivity index (χ0v) is 12.1. The molecule has 2 heterocycles. The van der Waals surface area contributed by atoms with Gasteiger partial charge in [-0.2, -0.15) is 18.3 Å². The van der Waals surface area contributed by atoms with Crippen molar-refractivity contribution >= 4 is 11.6 Å². The molecule has 0 spiro atoms. The van der Waals surface area contributed by atoms with Crippen LogP contribution in [0.5, 0.6) is 0 Å². The largest absolute Gasteiger partial charge is 0.471 e. The van der Waals surface area contributed by atoms with Crippen molar-refractivity contribution < 1.29 is 18.0 Å². The van der Waals surface area contributed by atoms with E-state index in [-0.39, 0.29) is 5.69 Å². The lowest BCUT2D eigenvalue weighted by atomic mass is 10.0. The summed E-state index contributed by atoms with van der Waals surface area (Å²) >= 11 is 0. The van der Waals surface area contributed by atoms with Gasteiger partial charge < -0.3 is 4.90 Å². The number of rotatable bonds is 3. The second-order valence-electron chi connectivity index (χ2n) is 5.23. The van der Waals surface area contributed by atoms with Gasteiger partial charge in [-0.1, -0.05) is 6.92 Å². The molecule has 5 nitrogen and oxygen atoms in total. The Bertz CT molecular complexity index is 500. The van der Waals surface area contributed by atoms with E-state index in [1.54, 1.807) is 7.05 Å². The number of amides is 1. The highest BCUT2D eigenvalue weighted by Crippen LogP contribution is 2.28. The van der Waals surface area contributed by atoms with Gasteiger partial charge >= 0.3 is 12.1 Å². The number of nitrogens with zero attached hydrogens (tertiary/aromatic N) is 4. The van der Waals surface area contributed by atoms with E-state index in [2.05, 4.69) is 10.00 Å². The first-order valence-electron chi connectivity index (χ1n) is 6.94. The number of hydrogen-bond acceptors (Lipinski definition) is 3. The molecule has 0 bridgehead atoms. The number of carbonyl (C=O) groups excluding carboxylic acids is 1. The van der Waals surface area contributed by atoms with Gasteiger partial charge in [0.1, 0.15) is 0 Å². The third kappa shape index (κ3) is 3.55. The number of carbonyl (C=O) groups is 1. The third-order valence-corrected chi connectivity index (χ3v) is 3.72. The van der Waals surface area contributed by atoms with Gasteiger partial charge in [0.25, 0.3) is 0 Å². The van der Waals surface area contributed by atoms with E-state index >= 15 is 0 Å². The fourth-order valence-corrected chi connectivity index (χ4v) is 2.69. The molecule has 118 valence electrons. The molecule has 1 aromatic rings. The van der Waals surface area contributed by atoms with Crippen LogP contribution in [0.3, 0.4) is 0 Å². The van der Waals surface area contributed by atoms with Crippen LogP contribution in [-0.4, -0.2) is 52.4 Å². The summed E-state index contributed by atoms with van der Waals surface area (Å²) in [7, 11) is 1.61. The summed E-state index contributed by atoms with van der Waals surface area (Å²) in [6.45, 7) is 4.03. The minimum Gasteiger partial charge on any atom is -0.302 e. The van der Waals surface area contributed by atoms with E-state index in [4.69, 9.17) is 0 Å². The monoisotopic (exact) mass is 304 g/mol. The predicted molar refractivity (Wildman–Crippen MR) is 71.9 cm³/mol. The van der Waals surface area contributed by atoms with Crippen LogP contribution in [0, 0.1) is 0 Å². The van der Waals surface area contributed by atoms with Crippen LogP contribution >= 0.6 is 0 Å². The van der Waals surface area contributed by atoms with Crippen molar-refractivity contribution in [3.8, 4) is 0 Å². The summed E-state index contributed by atoms with van der Waals surface area (Å²) in [5, 5.41) is 3.88. The number of halogens is 3. The van der Waals surface area contributed by atoms with Gasteiger partial charge in [-0.05, 0) is 25.9 Å². The fraction of sp³-hybridized carbons (Fsp3) is 0.692. The van der Waals surface area contributed by atoms with Crippen molar-refractivity contribution in [1.82, 2.24) is 14.7 Å². The first-order chi connectivity index (χ1) is 9.82. The summed E-state index contributed by atoms with van der Waals surface area (Å²) in [5.74, 6) is -1.82. The maximum atomic E-state index is 12.9. The van der Waals surface area contributed by atoms with E-state index < -0.39 is 18.1 Å². The Morgan fingerprint density at radius 2 is 2.24 bits per heavy atom. The molecule has 0 saturated carbocycles. The van der Waals surface area contributed by atoms with Crippen molar-refractivity contribution in [2.45, 2.75) is 32.0 Å². The molecule has 0 aromatic carbocycles. The molecule has 1 aliphatic heterocycles. The average Bonchev–Trinajstić information content (AvgIpc) is 2.84. The number of anilines is 1. The van der Waals surface area contributed by atoms with Crippen LogP contribution in [0.2, 0.25) is 0 Å². The van der Waals surface area contributed by atoms with Crippen molar-refractivity contribution in [2.75, 3.05) is 24.5 Å². The van der Waals surface area contributed by atoms with Gasteiger partial charge in [0.15, 0.2) is 0 Å². The molecular formula is C13H19F3N4O. The van der Waals surface area contributed by atoms with E-state index in [0.717, 1.165) is 24.4 Å². The predicted octanol–water partition coefficient (Wildman–Crippen LogP) is 1.80. The van der Waals surface area contributed by atoms with E-state index in [9.17, 15) is 18.0 Å². The Kier molecular flexibility index (Phi) is 4.55. The second kappa shape index (κ2) is 6.05. The lowest BCUT2D eigenvalue weighted by molar-refractivity contribution is -0.171. The summed E-state index contributed by atoms with van der Waals surface area (Å²) in [5.41, 5.74) is 0.197. The number of likely N-dealkylation sites (tertiary alicyclic amines) is 1. The molecule has 1 fully saturated rings. The van der Waals surface area contributed by atoms with Crippen LogP contribution in [0.4, 0.5) is 18.9 Å². The summed E-state index contributed by atoms with van der Waals surface area (Å²) in [6, 6.07) is -0.475. The van der Waals surface area contributed by atoms with Crippen molar-refractivity contribution in [3.05, 3.63) is 12.4 Å². The minimum absolute atomic E-state index is 0.197. The molecule has 1 atom stereocenters. The smallest absolute Gasteiger partial charge is 0.302 e. The second-order valence-corrected chi connectivity index (χ2v) is 5.23. The highest BCUT2D eigenvalue weighted by Gasteiger charge is 2.46.